The van der Waals surface area contributed by atoms with E-state index in [1.165, 1.54) is 20.4 Å². The van der Waals surface area contributed by atoms with Gasteiger partial charge < -0.3 is 25.6 Å². The summed E-state index contributed by atoms with van der Waals surface area (Å²) in [4.78, 5) is 8.01. The molecule has 1 unspecified atom stereocenters. The minimum Gasteiger partial charge on any atom is -0.490 e. The molecule has 96 valence electrons. The highest BCUT2D eigenvalue weighted by molar-refractivity contribution is 5.63. The maximum Gasteiger partial charge on any atom is 0.204 e. The molecule has 0 bridgehead atoms. The Morgan fingerprint density at radius 3 is 2.59 bits per heavy atom. The molecular weight excluding hydrogens is 224 g/mol. The fraction of sp³-hybridized carbons (Fsp3) is 0.600. The summed E-state index contributed by atoms with van der Waals surface area (Å²) < 4.78 is 5.17. The number of hydrogen-bond acceptors (Lipinski definition) is 7. The smallest absolute Gasteiger partial charge is 0.204 e. The van der Waals surface area contributed by atoms with Crippen molar-refractivity contribution in [2.75, 3.05) is 37.9 Å². The lowest BCUT2D eigenvalue weighted by molar-refractivity contribution is 0.0131. The summed E-state index contributed by atoms with van der Waals surface area (Å²) in [6.07, 6.45) is 1.38. The first-order chi connectivity index (χ1) is 8.04. The Bertz CT molecular complexity index is 371. The molecule has 4 N–H and O–H groups in total. The first-order valence-corrected chi connectivity index (χ1v) is 5.18. The van der Waals surface area contributed by atoms with Crippen LogP contribution in [0.25, 0.3) is 0 Å². The van der Waals surface area contributed by atoms with Gasteiger partial charge in [-0.1, -0.05) is 0 Å². The number of aromatic nitrogens is 2. The standard InChI is InChI=1S/C10H18N4O3/c1-10(16,5-15)4-12-9-7(17-3)8(11-2)13-6-14-9/h6,15-16H,4-5H2,1-3H3,(H2,11,12,13,14). The van der Waals surface area contributed by atoms with Crippen LogP contribution in [0.15, 0.2) is 6.33 Å². The van der Waals surface area contributed by atoms with E-state index in [9.17, 15) is 5.11 Å². The number of aliphatic hydroxyl groups is 2. The van der Waals surface area contributed by atoms with E-state index >= 15 is 0 Å². The van der Waals surface area contributed by atoms with Crippen LogP contribution < -0.4 is 15.4 Å². The highest BCUT2D eigenvalue weighted by Gasteiger charge is 2.20. The van der Waals surface area contributed by atoms with Gasteiger partial charge >= 0.3 is 0 Å². The second-order valence-electron chi connectivity index (χ2n) is 3.86. The molecule has 1 heterocycles. The largest absolute Gasteiger partial charge is 0.490 e. The molecule has 0 aliphatic rings. The quantitative estimate of drug-likeness (QED) is 0.542. The number of nitrogens with one attached hydrogen (secondary N) is 2. The van der Waals surface area contributed by atoms with Crippen molar-refractivity contribution in [3.05, 3.63) is 6.33 Å². The molecule has 7 nitrogen and oxygen atoms in total. The van der Waals surface area contributed by atoms with Crippen molar-refractivity contribution in [1.82, 2.24) is 9.97 Å². The van der Waals surface area contributed by atoms with Crippen LogP contribution in [0, 0.1) is 0 Å². The van der Waals surface area contributed by atoms with Gasteiger partial charge in [0, 0.05) is 13.6 Å². The van der Waals surface area contributed by atoms with Crippen LogP contribution in [0.2, 0.25) is 0 Å². The molecule has 0 amide bonds. The number of rotatable bonds is 6. The summed E-state index contributed by atoms with van der Waals surface area (Å²) in [5, 5.41) is 24.4. The van der Waals surface area contributed by atoms with Crippen molar-refractivity contribution in [3.63, 3.8) is 0 Å². The van der Waals surface area contributed by atoms with Gasteiger partial charge in [-0.15, -0.1) is 0 Å². The Labute approximate surface area is 99.9 Å². The van der Waals surface area contributed by atoms with Crippen molar-refractivity contribution in [2.45, 2.75) is 12.5 Å². The number of aliphatic hydroxyl groups excluding tert-OH is 1. The van der Waals surface area contributed by atoms with Crippen molar-refractivity contribution in [2.24, 2.45) is 0 Å². The van der Waals surface area contributed by atoms with E-state index in [4.69, 9.17) is 9.84 Å². The molecule has 0 saturated carbocycles. The summed E-state index contributed by atoms with van der Waals surface area (Å²) >= 11 is 0. The van der Waals surface area contributed by atoms with Gasteiger partial charge in [0.05, 0.1) is 13.7 Å². The predicted molar refractivity (Wildman–Crippen MR) is 64.3 cm³/mol. The van der Waals surface area contributed by atoms with Crippen molar-refractivity contribution < 1.29 is 14.9 Å². The van der Waals surface area contributed by atoms with Crippen LogP contribution in [0.5, 0.6) is 5.75 Å². The van der Waals surface area contributed by atoms with Gasteiger partial charge in [0.15, 0.2) is 11.6 Å². The summed E-state index contributed by atoms with van der Waals surface area (Å²) in [6, 6.07) is 0. The van der Waals surface area contributed by atoms with E-state index in [0.717, 1.165) is 0 Å². The van der Waals surface area contributed by atoms with Crippen LogP contribution in [0.4, 0.5) is 11.6 Å². The molecule has 1 atom stereocenters. The molecule has 0 aliphatic heterocycles. The number of ether oxygens (including phenoxy) is 1. The molecule has 0 fully saturated rings. The Kier molecular flexibility index (Phi) is 4.47. The zero-order chi connectivity index (χ0) is 12.9. The highest BCUT2D eigenvalue weighted by atomic mass is 16.5. The second kappa shape index (κ2) is 5.65. The Morgan fingerprint density at radius 2 is 2.06 bits per heavy atom. The molecule has 0 aromatic carbocycles. The zero-order valence-electron chi connectivity index (χ0n) is 10.2. The molecule has 7 heteroatoms. The van der Waals surface area contributed by atoms with Crippen molar-refractivity contribution >= 4 is 11.6 Å². The maximum atomic E-state index is 9.66. The topological polar surface area (TPSA) is 99.5 Å². The Morgan fingerprint density at radius 1 is 1.41 bits per heavy atom. The number of methoxy groups -OCH3 is 1. The van der Waals surface area contributed by atoms with Gasteiger partial charge in [-0.3, -0.25) is 0 Å². The van der Waals surface area contributed by atoms with Gasteiger partial charge in [-0.05, 0) is 6.92 Å². The Hall–Kier alpha value is -1.60. The molecule has 1 rings (SSSR count). The van der Waals surface area contributed by atoms with Crippen LogP contribution in [-0.4, -0.2) is 53.1 Å². The molecule has 0 saturated heterocycles. The van der Waals surface area contributed by atoms with E-state index in [1.54, 1.807) is 7.05 Å². The first-order valence-electron chi connectivity index (χ1n) is 5.18. The van der Waals surface area contributed by atoms with Gasteiger partial charge in [0.2, 0.25) is 5.75 Å². The van der Waals surface area contributed by atoms with Crippen LogP contribution in [-0.2, 0) is 0 Å². The molecular formula is C10H18N4O3. The summed E-state index contributed by atoms with van der Waals surface area (Å²) in [6.45, 7) is 1.33. The second-order valence-corrected chi connectivity index (χ2v) is 3.86. The van der Waals surface area contributed by atoms with E-state index in [1.807, 2.05) is 0 Å². The van der Waals surface area contributed by atoms with Crippen LogP contribution >= 0.6 is 0 Å². The molecule has 1 aromatic rings. The average molecular weight is 242 g/mol. The lowest BCUT2D eigenvalue weighted by atomic mass is 10.1. The van der Waals surface area contributed by atoms with E-state index in [0.29, 0.717) is 17.4 Å². The fourth-order valence-electron chi connectivity index (χ4n) is 1.20. The van der Waals surface area contributed by atoms with Gasteiger partial charge in [0.25, 0.3) is 0 Å². The summed E-state index contributed by atoms with van der Waals surface area (Å²) in [5.74, 6) is 1.47. The molecule has 0 spiro atoms. The van der Waals surface area contributed by atoms with Gasteiger partial charge in [0.1, 0.15) is 11.9 Å². The SMILES string of the molecule is CNc1ncnc(NCC(C)(O)CO)c1OC. The van der Waals surface area contributed by atoms with Gasteiger partial charge in [-0.25, -0.2) is 9.97 Å². The lowest BCUT2D eigenvalue weighted by Crippen LogP contribution is -2.37. The summed E-state index contributed by atoms with van der Waals surface area (Å²) in [5.41, 5.74) is -1.21. The minimum absolute atomic E-state index is 0.153. The van der Waals surface area contributed by atoms with E-state index < -0.39 is 5.60 Å². The number of anilines is 2. The monoisotopic (exact) mass is 242 g/mol. The molecule has 1 aromatic heterocycles. The summed E-state index contributed by atoms with van der Waals surface area (Å²) in [7, 11) is 3.23. The third-order valence-electron chi connectivity index (χ3n) is 2.22. The highest BCUT2D eigenvalue weighted by Crippen LogP contribution is 2.28. The third kappa shape index (κ3) is 3.43. The maximum absolute atomic E-state index is 9.66. The normalized spacial score (nSPS) is 13.9. The Balaban J connectivity index is 2.84. The van der Waals surface area contributed by atoms with Gasteiger partial charge in [-0.2, -0.15) is 0 Å². The van der Waals surface area contributed by atoms with E-state index in [2.05, 4.69) is 20.6 Å². The average Bonchev–Trinajstić information content (AvgIpc) is 2.35. The fourth-order valence-corrected chi connectivity index (χ4v) is 1.20. The van der Waals surface area contributed by atoms with Crippen molar-refractivity contribution in [1.29, 1.82) is 0 Å². The lowest BCUT2D eigenvalue weighted by Gasteiger charge is -2.21. The van der Waals surface area contributed by atoms with Crippen molar-refractivity contribution in [3.8, 4) is 5.75 Å². The minimum atomic E-state index is -1.21. The van der Waals surface area contributed by atoms with E-state index in [-0.39, 0.29) is 13.2 Å². The molecule has 0 aliphatic carbocycles. The molecule has 17 heavy (non-hydrogen) atoms. The van der Waals surface area contributed by atoms with Crippen LogP contribution in [0.3, 0.4) is 0 Å². The predicted octanol–water partition coefficient (Wildman–Crippen LogP) is -0.318. The number of nitrogens with zero attached hydrogens (tertiary/aromatic N) is 2. The van der Waals surface area contributed by atoms with Crippen LogP contribution in [0.1, 0.15) is 6.92 Å². The third-order valence-corrected chi connectivity index (χ3v) is 2.22. The molecule has 0 radical (unpaired) electrons. The zero-order valence-corrected chi connectivity index (χ0v) is 10.2. The number of hydrogen-bond donors (Lipinski definition) is 4. The first kappa shape index (κ1) is 13.5.